The summed E-state index contributed by atoms with van der Waals surface area (Å²) in [7, 11) is -0.816. The minimum absolute atomic E-state index is 0.143. The third-order valence-electron chi connectivity index (χ3n) is 4.38. The van der Waals surface area contributed by atoms with Crippen molar-refractivity contribution in [2.24, 2.45) is 0 Å². The zero-order valence-corrected chi connectivity index (χ0v) is 28.5. The Kier molecular flexibility index (Phi) is 34.8. The van der Waals surface area contributed by atoms with E-state index in [2.05, 4.69) is 0 Å². The van der Waals surface area contributed by atoms with E-state index in [0.29, 0.717) is 55.7 Å². The highest BCUT2D eigenvalue weighted by Crippen LogP contribution is 2.14. The maximum Gasteiger partial charge on any atom is 0.306 e. The second-order valence-electron chi connectivity index (χ2n) is 7.65. The first-order valence-corrected chi connectivity index (χ1v) is 21.4. The lowest BCUT2D eigenvalue weighted by atomic mass is 10.5. The second kappa shape index (κ2) is 33.7. The van der Waals surface area contributed by atoms with Crippen molar-refractivity contribution in [3.8, 4) is 0 Å². The molecule has 0 aromatic heterocycles. The van der Waals surface area contributed by atoms with E-state index < -0.39 is 10.8 Å². The molecular weight excluding hydrogens is 641 g/mol. The average Bonchev–Trinajstić information content (AvgIpc) is 2.93. The van der Waals surface area contributed by atoms with Crippen LogP contribution in [0.2, 0.25) is 0 Å². The van der Waals surface area contributed by atoms with Crippen molar-refractivity contribution in [3.63, 3.8) is 0 Å². The number of aliphatic hydroxyl groups excluding tert-OH is 2. The average molecular weight is 687 g/mol. The van der Waals surface area contributed by atoms with Gasteiger partial charge in [-0.1, -0.05) is 11.8 Å². The van der Waals surface area contributed by atoms with Crippen molar-refractivity contribution in [1.82, 2.24) is 0 Å². The van der Waals surface area contributed by atoms with Crippen molar-refractivity contribution in [1.29, 1.82) is 0 Å². The van der Waals surface area contributed by atoms with Gasteiger partial charge in [-0.15, -0.1) is 0 Å². The SMILES string of the molecule is O=C(CCSCCCS(=O)CCSCCSC(=O)CCSCCCOOCCSCCO)OCCSCCO. The molecule has 0 aromatic rings. The monoisotopic (exact) mass is 686 g/mol. The van der Waals surface area contributed by atoms with E-state index in [1.54, 1.807) is 58.8 Å². The lowest BCUT2D eigenvalue weighted by Gasteiger charge is -2.05. The van der Waals surface area contributed by atoms with Crippen molar-refractivity contribution < 1.29 is 38.5 Å². The third kappa shape index (κ3) is 33.6. The van der Waals surface area contributed by atoms with E-state index in [9.17, 15) is 13.8 Å². The summed E-state index contributed by atoms with van der Waals surface area (Å²) < 4.78 is 17.3. The van der Waals surface area contributed by atoms with Crippen LogP contribution in [0.5, 0.6) is 0 Å². The molecule has 0 rings (SSSR count). The van der Waals surface area contributed by atoms with Crippen molar-refractivity contribution >= 4 is 92.5 Å². The summed E-state index contributed by atoms with van der Waals surface area (Å²) in [4.78, 5) is 33.7. The fourth-order valence-electron chi connectivity index (χ4n) is 2.53. The molecule has 0 bridgehead atoms. The third-order valence-corrected chi connectivity index (χ3v) is 12.2. The summed E-state index contributed by atoms with van der Waals surface area (Å²) in [6.45, 7) is 1.79. The molecule has 0 radical (unpaired) electrons. The molecule has 0 saturated carbocycles. The highest BCUT2D eigenvalue weighted by atomic mass is 32.2. The molecule has 0 spiro atoms. The highest BCUT2D eigenvalue weighted by molar-refractivity contribution is 8.14. The standard InChI is InChI=1S/C24H46O8S7/c25-5-14-35-16-8-30-23(27)3-12-34-11-2-21-39(29)22-20-37-18-19-38-24(28)4-13-33-10-1-7-31-32-9-17-36-15-6-26/h25-26H,1-22H2. The second-order valence-corrected chi connectivity index (χ2v) is 16.6. The van der Waals surface area contributed by atoms with Crippen LogP contribution < -0.4 is 0 Å². The van der Waals surface area contributed by atoms with Gasteiger partial charge in [0.1, 0.15) is 6.61 Å². The molecule has 15 heteroatoms. The maximum absolute atomic E-state index is 12.1. The maximum atomic E-state index is 12.1. The molecule has 0 saturated heterocycles. The number of aliphatic hydroxyl groups is 2. The van der Waals surface area contributed by atoms with Crippen LogP contribution in [0, 0.1) is 0 Å². The Balaban J connectivity index is 3.34. The summed E-state index contributed by atoms with van der Waals surface area (Å²) in [5.41, 5.74) is 0. The zero-order valence-electron chi connectivity index (χ0n) is 22.8. The number of carbonyl (C=O) groups is 2. The molecule has 0 amide bonds. The Hall–Kier alpha value is 1.23. The van der Waals surface area contributed by atoms with Crippen LogP contribution in [-0.2, 0) is 34.9 Å². The van der Waals surface area contributed by atoms with Crippen LogP contribution in [0.3, 0.4) is 0 Å². The van der Waals surface area contributed by atoms with Gasteiger partial charge in [0.2, 0.25) is 0 Å². The minimum atomic E-state index is -0.816. The highest BCUT2D eigenvalue weighted by Gasteiger charge is 2.06. The summed E-state index contributed by atoms with van der Waals surface area (Å²) in [5, 5.41) is 17.6. The first kappa shape index (κ1) is 40.2. The van der Waals surface area contributed by atoms with Crippen LogP contribution in [-0.4, -0.2) is 133 Å². The molecule has 0 fully saturated rings. The molecule has 0 aliphatic heterocycles. The van der Waals surface area contributed by atoms with Crippen LogP contribution in [0.15, 0.2) is 0 Å². The van der Waals surface area contributed by atoms with Gasteiger partial charge in [0.25, 0.3) is 0 Å². The molecule has 8 nitrogen and oxygen atoms in total. The topological polar surface area (TPSA) is 119 Å². The number of thioether (sulfide) groups is 6. The molecule has 1 atom stereocenters. The van der Waals surface area contributed by atoms with Crippen LogP contribution in [0.1, 0.15) is 25.7 Å². The predicted octanol–water partition coefficient (Wildman–Crippen LogP) is 3.70. The first-order valence-electron chi connectivity index (χ1n) is 13.1. The normalized spacial score (nSPS) is 12.1. The molecule has 2 N–H and O–H groups in total. The van der Waals surface area contributed by atoms with Gasteiger partial charge in [0.15, 0.2) is 5.12 Å². The Morgan fingerprint density at radius 1 is 0.590 bits per heavy atom. The number of ether oxygens (including phenoxy) is 1. The van der Waals surface area contributed by atoms with Gasteiger partial charge in [-0.2, -0.15) is 58.8 Å². The van der Waals surface area contributed by atoms with Crippen molar-refractivity contribution in [3.05, 3.63) is 0 Å². The minimum Gasteiger partial charge on any atom is -0.465 e. The van der Waals surface area contributed by atoms with E-state index in [1.165, 1.54) is 11.8 Å². The predicted molar refractivity (Wildman–Crippen MR) is 177 cm³/mol. The molecule has 39 heavy (non-hydrogen) atoms. The fourth-order valence-corrected chi connectivity index (χ4v) is 8.98. The van der Waals surface area contributed by atoms with E-state index in [4.69, 9.17) is 24.7 Å². The molecule has 0 aliphatic rings. The van der Waals surface area contributed by atoms with Crippen molar-refractivity contribution in [2.75, 3.05) is 108 Å². The fraction of sp³-hybridized carbons (Fsp3) is 0.917. The number of carbonyl (C=O) groups excluding carboxylic acids is 2. The van der Waals surface area contributed by atoms with E-state index in [1.807, 2.05) is 0 Å². The summed E-state index contributed by atoms with van der Waals surface area (Å²) in [6, 6.07) is 0. The smallest absolute Gasteiger partial charge is 0.306 e. The van der Waals surface area contributed by atoms with E-state index >= 15 is 0 Å². The Morgan fingerprint density at radius 3 is 1.95 bits per heavy atom. The van der Waals surface area contributed by atoms with Gasteiger partial charge < -0.3 is 14.9 Å². The molecule has 232 valence electrons. The molecule has 0 aliphatic carbocycles. The van der Waals surface area contributed by atoms with Gasteiger partial charge >= 0.3 is 5.97 Å². The van der Waals surface area contributed by atoms with Gasteiger partial charge in [-0.3, -0.25) is 13.8 Å². The molecular formula is C24H46O8S7. The Morgan fingerprint density at radius 2 is 1.21 bits per heavy atom. The molecule has 1 unspecified atom stereocenters. The van der Waals surface area contributed by atoms with Gasteiger partial charge in [0, 0.05) is 80.5 Å². The summed E-state index contributed by atoms with van der Waals surface area (Å²) >= 11 is 9.78. The Labute approximate surface area is 262 Å². The number of hydrogen-bond donors (Lipinski definition) is 2. The van der Waals surface area contributed by atoms with Gasteiger partial charge in [0.05, 0.1) is 32.8 Å². The van der Waals surface area contributed by atoms with Crippen LogP contribution >= 0.6 is 70.6 Å². The number of rotatable bonds is 31. The van der Waals surface area contributed by atoms with Crippen molar-refractivity contribution in [2.45, 2.75) is 25.7 Å². The number of esters is 1. The summed E-state index contributed by atoms with van der Waals surface area (Å²) in [5.74, 6) is 10.0. The largest absolute Gasteiger partial charge is 0.465 e. The lowest BCUT2D eigenvalue weighted by Crippen LogP contribution is -2.09. The quantitative estimate of drug-likeness (QED) is 0.0478. The van der Waals surface area contributed by atoms with Crippen LogP contribution in [0.4, 0.5) is 0 Å². The van der Waals surface area contributed by atoms with Crippen LogP contribution in [0.25, 0.3) is 0 Å². The van der Waals surface area contributed by atoms with E-state index in [-0.39, 0.29) is 24.3 Å². The lowest BCUT2D eigenvalue weighted by molar-refractivity contribution is -0.289. The Bertz CT molecular complexity index is 591. The number of hydrogen-bond acceptors (Lipinski definition) is 14. The molecule has 0 heterocycles. The zero-order chi connectivity index (χ0) is 28.7. The van der Waals surface area contributed by atoms with Gasteiger partial charge in [-0.05, 0) is 24.3 Å². The van der Waals surface area contributed by atoms with Gasteiger partial charge in [-0.25, -0.2) is 9.78 Å². The van der Waals surface area contributed by atoms with E-state index in [0.717, 1.165) is 64.6 Å². The first-order chi connectivity index (χ1) is 19.1. The molecule has 0 aromatic carbocycles. The summed E-state index contributed by atoms with van der Waals surface area (Å²) in [6.07, 6.45) is 2.74.